The second-order valence-electron chi connectivity index (χ2n) is 5.07. The van der Waals surface area contributed by atoms with Crippen LogP contribution in [0, 0.1) is 5.92 Å². The number of halogens is 1. The van der Waals surface area contributed by atoms with Crippen molar-refractivity contribution >= 4 is 22.1 Å². The number of nitrogens with zero attached hydrogens (tertiary/aromatic N) is 3. The molecule has 1 unspecified atom stereocenters. The smallest absolute Gasteiger partial charge is 0.279 e. The molecular weight excluding hydrogens is 275 g/mol. The first-order chi connectivity index (χ1) is 8.92. The van der Waals surface area contributed by atoms with Crippen molar-refractivity contribution in [3.05, 3.63) is 5.82 Å². The van der Waals surface area contributed by atoms with Gasteiger partial charge in [-0.3, -0.25) is 14.8 Å². The predicted octanol–water partition coefficient (Wildman–Crippen LogP) is 0.334. The summed E-state index contributed by atoms with van der Waals surface area (Å²) in [5, 5.41) is 6.75. The summed E-state index contributed by atoms with van der Waals surface area (Å²) in [6, 6.07) is 0. The molecular formula is C10H13FN4O3S. The highest BCUT2D eigenvalue weighted by Crippen LogP contribution is 2.38. The third-order valence-corrected chi connectivity index (χ3v) is 4.21. The lowest BCUT2D eigenvalue weighted by Gasteiger charge is -2.10. The summed E-state index contributed by atoms with van der Waals surface area (Å²) >= 11 is 0. The largest absolute Gasteiger partial charge is 0.302 e. The van der Waals surface area contributed by atoms with Crippen molar-refractivity contribution < 1.29 is 17.1 Å². The van der Waals surface area contributed by atoms with Gasteiger partial charge in [0, 0.05) is 24.8 Å². The molecule has 0 aromatic carbocycles. The van der Waals surface area contributed by atoms with E-state index in [0.717, 1.165) is 18.7 Å². The summed E-state index contributed by atoms with van der Waals surface area (Å²) in [5.74, 6) is -0.0360. The number of amides is 1. The Morgan fingerprint density at radius 1 is 1.42 bits per heavy atom. The molecule has 1 amide bonds. The van der Waals surface area contributed by atoms with Gasteiger partial charge < -0.3 is 0 Å². The first-order valence-electron chi connectivity index (χ1n) is 6.07. The van der Waals surface area contributed by atoms with E-state index in [1.807, 2.05) is 0 Å². The number of carbonyl (C=O) groups is 1. The Kier molecular flexibility index (Phi) is 2.80. The Morgan fingerprint density at radius 3 is 2.79 bits per heavy atom. The summed E-state index contributed by atoms with van der Waals surface area (Å²) in [6.45, 7) is 0.143. The van der Waals surface area contributed by atoms with E-state index in [-0.39, 0.29) is 24.8 Å². The van der Waals surface area contributed by atoms with Gasteiger partial charge in [0.05, 0.1) is 5.75 Å². The van der Waals surface area contributed by atoms with Crippen LogP contribution < -0.4 is 4.90 Å². The van der Waals surface area contributed by atoms with E-state index in [1.165, 1.54) is 4.90 Å². The van der Waals surface area contributed by atoms with Crippen molar-refractivity contribution in [3.8, 4) is 0 Å². The van der Waals surface area contributed by atoms with Gasteiger partial charge in [-0.15, -0.1) is 8.98 Å². The summed E-state index contributed by atoms with van der Waals surface area (Å²) < 4.78 is 33.8. The van der Waals surface area contributed by atoms with Crippen LogP contribution in [0.4, 0.5) is 9.83 Å². The van der Waals surface area contributed by atoms with Crippen molar-refractivity contribution in [2.24, 2.45) is 5.92 Å². The molecule has 0 radical (unpaired) electrons. The molecule has 1 saturated heterocycles. The van der Waals surface area contributed by atoms with Crippen LogP contribution in [0.1, 0.15) is 31.0 Å². The van der Waals surface area contributed by atoms with Crippen LogP contribution in [0.25, 0.3) is 0 Å². The number of hydrogen-bond acceptors (Lipinski definition) is 5. The van der Waals surface area contributed by atoms with E-state index in [9.17, 15) is 17.1 Å². The number of anilines is 1. The van der Waals surface area contributed by atoms with Gasteiger partial charge in [-0.2, -0.15) is 13.4 Å². The van der Waals surface area contributed by atoms with Crippen LogP contribution in [0.5, 0.6) is 0 Å². The lowest BCUT2D eigenvalue weighted by atomic mass is 10.1. The fourth-order valence-corrected chi connectivity index (χ4v) is 3.08. The molecule has 7 nitrogen and oxygen atoms in total. The monoisotopic (exact) mass is 288 g/mol. The molecule has 9 heteroatoms. The van der Waals surface area contributed by atoms with Gasteiger partial charge in [0.25, 0.3) is 5.95 Å². The third kappa shape index (κ3) is 2.75. The van der Waals surface area contributed by atoms with Gasteiger partial charge in [-0.1, -0.05) is 0 Å². The normalized spacial score (nSPS) is 24.2. The minimum absolute atomic E-state index is 0.0104. The second-order valence-corrected chi connectivity index (χ2v) is 6.49. The molecule has 0 bridgehead atoms. The first-order valence-corrected chi connectivity index (χ1v) is 7.62. The fraction of sp³-hybridized carbons (Fsp3) is 0.700. The van der Waals surface area contributed by atoms with Crippen LogP contribution >= 0.6 is 0 Å². The highest BCUT2D eigenvalue weighted by molar-refractivity contribution is 7.86. The van der Waals surface area contributed by atoms with E-state index in [1.54, 1.807) is 0 Å². The van der Waals surface area contributed by atoms with Crippen molar-refractivity contribution in [2.75, 3.05) is 17.2 Å². The summed E-state index contributed by atoms with van der Waals surface area (Å²) in [5.41, 5.74) is 0. The van der Waals surface area contributed by atoms with Gasteiger partial charge in [-0.25, -0.2) is 0 Å². The average molecular weight is 288 g/mol. The molecule has 1 aromatic heterocycles. The molecule has 2 fully saturated rings. The molecule has 104 valence electrons. The summed E-state index contributed by atoms with van der Waals surface area (Å²) in [4.78, 5) is 17.3. The standard InChI is InChI=1S/C10H13FN4O3S/c11-19(17,18)5-6-3-8(16)15(4-6)10-12-9(13-14-10)7-1-2-7/h6-7H,1-5H2,(H,12,13,14). The van der Waals surface area contributed by atoms with Crippen LogP contribution in [0.2, 0.25) is 0 Å². The Balaban J connectivity index is 1.72. The lowest BCUT2D eigenvalue weighted by molar-refractivity contribution is -0.117. The average Bonchev–Trinajstić information content (AvgIpc) is 2.91. The van der Waals surface area contributed by atoms with Gasteiger partial charge in [0.2, 0.25) is 5.91 Å². The number of hydrogen-bond donors (Lipinski definition) is 1. The quantitative estimate of drug-likeness (QED) is 0.806. The van der Waals surface area contributed by atoms with Crippen LogP contribution in [-0.4, -0.2) is 41.8 Å². The molecule has 1 aromatic rings. The van der Waals surface area contributed by atoms with E-state index in [0.29, 0.717) is 5.92 Å². The zero-order valence-corrected chi connectivity index (χ0v) is 10.9. The van der Waals surface area contributed by atoms with Gasteiger partial charge in [0.15, 0.2) is 0 Å². The van der Waals surface area contributed by atoms with Crippen LogP contribution in [-0.2, 0) is 15.0 Å². The molecule has 1 aliphatic carbocycles. The van der Waals surface area contributed by atoms with Crippen molar-refractivity contribution in [1.82, 2.24) is 15.2 Å². The molecule has 2 aliphatic rings. The van der Waals surface area contributed by atoms with E-state index in [2.05, 4.69) is 15.2 Å². The molecule has 1 saturated carbocycles. The molecule has 1 aliphatic heterocycles. The van der Waals surface area contributed by atoms with Crippen LogP contribution in [0.3, 0.4) is 0 Å². The van der Waals surface area contributed by atoms with E-state index in [4.69, 9.17) is 0 Å². The predicted molar refractivity (Wildman–Crippen MR) is 63.7 cm³/mol. The SMILES string of the molecule is O=C1CC(CS(=O)(=O)F)CN1c1n[nH]c(C2CC2)n1. The Bertz CT molecular complexity index is 610. The maximum absolute atomic E-state index is 12.6. The second kappa shape index (κ2) is 4.26. The summed E-state index contributed by atoms with van der Waals surface area (Å²) in [7, 11) is -4.56. The molecule has 0 spiro atoms. The van der Waals surface area contributed by atoms with Crippen molar-refractivity contribution in [3.63, 3.8) is 0 Å². The number of aromatic nitrogens is 3. The zero-order chi connectivity index (χ0) is 13.6. The number of aromatic amines is 1. The Labute approximate surface area is 109 Å². The zero-order valence-electron chi connectivity index (χ0n) is 10.0. The lowest BCUT2D eigenvalue weighted by Crippen LogP contribution is -2.26. The summed E-state index contributed by atoms with van der Waals surface area (Å²) in [6.07, 6.45) is 2.13. The number of nitrogens with one attached hydrogen (secondary N) is 1. The maximum atomic E-state index is 12.6. The van der Waals surface area contributed by atoms with Crippen molar-refractivity contribution in [1.29, 1.82) is 0 Å². The highest BCUT2D eigenvalue weighted by atomic mass is 32.3. The fourth-order valence-electron chi connectivity index (χ4n) is 2.29. The first kappa shape index (κ1) is 12.5. The third-order valence-electron chi connectivity index (χ3n) is 3.34. The topological polar surface area (TPSA) is 96.0 Å². The van der Waals surface area contributed by atoms with Crippen LogP contribution in [0.15, 0.2) is 0 Å². The highest BCUT2D eigenvalue weighted by Gasteiger charge is 2.36. The molecule has 3 rings (SSSR count). The van der Waals surface area contributed by atoms with Crippen molar-refractivity contribution in [2.45, 2.75) is 25.2 Å². The molecule has 2 heterocycles. The van der Waals surface area contributed by atoms with Gasteiger partial charge in [-0.05, 0) is 12.8 Å². The molecule has 1 N–H and O–H groups in total. The minimum Gasteiger partial charge on any atom is -0.279 e. The van der Waals surface area contributed by atoms with Gasteiger partial charge in [0.1, 0.15) is 5.82 Å². The number of carbonyl (C=O) groups excluding carboxylic acids is 1. The maximum Gasteiger partial charge on any atom is 0.302 e. The Hall–Kier alpha value is -1.51. The van der Waals surface area contributed by atoms with E-state index >= 15 is 0 Å². The number of H-pyrrole nitrogens is 1. The van der Waals surface area contributed by atoms with Gasteiger partial charge >= 0.3 is 10.2 Å². The molecule has 19 heavy (non-hydrogen) atoms. The Morgan fingerprint density at radius 2 is 2.16 bits per heavy atom. The van der Waals surface area contributed by atoms with E-state index < -0.39 is 21.9 Å². The number of rotatable bonds is 4. The molecule has 1 atom stereocenters. The minimum atomic E-state index is -4.56.